The summed E-state index contributed by atoms with van der Waals surface area (Å²) in [5.41, 5.74) is 3.17. The number of rotatable bonds is 8. The number of likely N-dealkylation sites (tertiary alicyclic amines) is 1. The largest absolute Gasteiger partial charge is 0.366 e. The maximum Gasteiger partial charge on any atom is 0.251 e. The van der Waals surface area contributed by atoms with Crippen LogP contribution in [0.4, 0.5) is 10.2 Å². The van der Waals surface area contributed by atoms with E-state index in [0.29, 0.717) is 47.4 Å². The number of aromatic nitrogens is 3. The van der Waals surface area contributed by atoms with Crippen molar-refractivity contribution in [2.45, 2.75) is 31.8 Å². The number of anilines is 1. The van der Waals surface area contributed by atoms with E-state index in [0.717, 1.165) is 23.0 Å². The number of carbonyl (C=O) groups excluding carboxylic acids is 1. The zero-order chi connectivity index (χ0) is 25.1. The summed E-state index contributed by atoms with van der Waals surface area (Å²) in [6, 6.07) is 16.5. The van der Waals surface area contributed by atoms with Crippen LogP contribution < -0.4 is 10.6 Å². The van der Waals surface area contributed by atoms with Crippen LogP contribution in [0.2, 0.25) is 0 Å². The molecule has 9 heteroatoms. The molecule has 2 aromatic carbocycles. The molecule has 5 rings (SSSR count). The lowest BCUT2D eigenvalue weighted by Gasteiger charge is -2.19. The van der Waals surface area contributed by atoms with Gasteiger partial charge in [-0.2, -0.15) is 9.61 Å². The van der Waals surface area contributed by atoms with Gasteiger partial charge in [-0.25, -0.2) is 9.37 Å². The Bertz CT molecular complexity index is 1370. The van der Waals surface area contributed by atoms with E-state index < -0.39 is 0 Å². The van der Waals surface area contributed by atoms with E-state index in [9.17, 15) is 9.18 Å². The van der Waals surface area contributed by atoms with Gasteiger partial charge in [0, 0.05) is 36.3 Å². The predicted molar refractivity (Wildman–Crippen MR) is 142 cm³/mol. The third kappa shape index (κ3) is 5.27. The maximum absolute atomic E-state index is 14.4. The molecule has 1 aliphatic heterocycles. The molecule has 1 atom stereocenters. The molecule has 0 spiro atoms. The van der Waals surface area contributed by atoms with Crippen molar-refractivity contribution in [1.29, 1.82) is 0 Å². The smallest absolute Gasteiger partial charge is 0.251 e. The van der Waals surface area contributed by atoms with Gasteiger partial charge < -0.3 is 15.5 Å². The summed E-state index contributed by atoms with van der Waals surface area (Å²) in [5, 5.41) is 10.8. The van der Waals surface area contributed by atoms with Crippen molar-refractivity contribution in [2.24, 2.45) is 0 Å². The summed E-state index contributed by atoms with van der Waals surface area (Å²) in [7, 11) is 2.15. The van der Waals surface area contributed by atoms with Crippen molar-refractivity contribution in [3.63, 3.8) is 0 Å². The third-order valence-corrected chi connectivity index (χ3v) is 7.26. The molecule has 1 saturated heterocycles. The molecule has 0 saturated carbocycles. The molecule has 1 unspecified atom stereocenters. The van der Waals surface area contributed by atoms with Gasteiger partial charge >= 0.3 is 0 Å². The zero-order valence-corrected chi connectivity index (χ0v) is 21.6. The predicted octanol–water partition coefficient (Wildman–Crippen LogP) is 5.12. The average molecular weight is 551 g/mol. The summed E-state index contributed by atoms with van der Waals surface area (Å²) in [6.07, 6.45) is 5.08. The van der Waals surface area contributed by atoms with Gasteiger partial charge in [-0.05, 0) is 78.6 Å². The SMILES string of the molecule is CN1CCCC1CCNC(=O)c1ccc(CNc2cc(-c3ccccc3F)nc3c(Br)cnn23)cc1. The Hall–Kier alpha value is -3.30. The van der Waals surface area contributed by atoms with Crippen LogP contribution in [0.15, 0.2) is 65.3 Å². The molecule has 1 fully saturated rings. The fourth-order valence-electron chi connectivity index (χ4n) is 4.63. The van der Waals surface area contributed by atoms with E-state index in [1.165, 1.54) is 18.9 Å². The van der Waals surface area contributed by atoms with Crippen molar-refractivity contribution < 1.29 is 9.18 Å². The van der Waals surface area contributed by atoms with Gasteiger partial charge in [0.2, 0.25) is 0 Å². The van der Waals surface area contributed by atoms with Gasteiger partial charge in [-0.3, -0.25) is 4.79 Å². The third-order valence-electron chi connectivity index (χ3n) is 6.70. The highest BCUT2D eigenvalue weighted by molar-refractivity contribution is 9.10. The van der Waals surface area contributed by atoms with Crippen LogP contribution in [0.3, 0.4) is 0 Å². The highest BCUT2D eigenvalue weighted by Crippen LogP contribution is 2.27. The fourth-order valence-corrected chi connectivity index (χ4v) is 4.98. The molecule has 0 aliphatic carbocycles. The van der Waals surface area contributed by atoms with Crippen molar-refractivity contribution >= 4 is 33.3 Å². The molecule has 2 aromatic heterocycles. The summed E-state index contributed by atoms with van der Waals surface area (Å²) in [5.74, 6) is 0.296. The lowest BCUT2D eigenvalue weighted by Crippen LogP contribution is -2.31. The minimum absolute atomic E-state index is 0.0538. The molecular formula is C27H28BrFN6O. The molecule has 2 N–H and O–H groups in total. The quantitative estimate of drug-likeness (QED) is 0.318. The Kier molecular flexibility index (Phi) is 7.29. The van der Waals surface area contributed by atoms with E-state index in [-0.39, 0.29) is 11.7 Å². The zero-order valence-electron chi connectivity index (χ0n) is 20.0. The van der Waals surface area contributed by atoms with E-state index in [2.05, 4.69) is 48.6 Å². The average Bonchev–Trinajstić information content (AvgIpc) is 3.48. The number of fused-ring (bicyclic) bond motifs is 1. The minimum atomic E-state index is -0.333. The fraction of sp³-hybridized carbons (Fsp3) is 0.296. The van der Waals surface area contributed by atoms with Crippen LogP contribution in [0.25, 0.3) is 16.9 Å². The molecule has 3 heterocycles. The Morgan fingerprint density at radius 2 is 2.00 bits per heavy atom. The first-order valence-corrected chi connectivity index (χ1v) is 12.9. The van der Waals surface area contributed by atoms with Gasteiger partial charge in [0.15, 0.2) is 5.65 Å². The van der Waals surface area contributed by atoms with Gasteiger partial charge in [0.25, 0.3) is 5.91 Å². The second-order valence-corrected chi connectivity index (χ2v) is 9.96. The Labute approximate surface area is 217 Å². The maximum atomic E-state index is 14.4. The van der Waals surface area contributed by atoms with Gasteiger partial charge in [0.1, 0.15) is 11.6 Å². The molecule has 7 nitrogen and oxygen atoms in total. The number of halogens is 2. The number of carbonyl (C=O) groups is 1. The Morgan fingerprint density at radius 3 is 2.75 bits per heavy atom. The summed E-state index contributed by atoms with van der Waals surface area (Å²) < 4.78 is 16.8. The van der Waals surface area contributed by atoms with Gasteiger partial charge in [-0.15, -0.1) is 0 Å². The van der Waals surface area contributed by atoms with Gasteiger partial charge in [0.05, 0.1) is 16.4 Å². The topological polar surface area (TPSA) is 74.6 Å². The first-order chi connectivity index (χ1) is 17.5. The molecule has 4 aromatic rings. The van der Waals surface area contributed by atoms with Crippen LogP contribution >= 0.6 is 15.9 Å². The Balaban J connectivity index is 1.25. The molecule has 0 bridgehead atoms. The van der Waals surface area contributed by atoms with E-state index in [1.807, 2.05) is 24.3 Å². The summed E-state index contributed by atoms with van der Waals surface area (Å²) in [4.78, 5) is 19.5. The first-order valence-electron chi connectivity index (χ1n) is 12.1. The number of amides is 1. The van der Waals surface area contributed by atoms with Crippen LogP contribution in [-0.4, -0.2) is 51.6 Å². The van der Waals surface area contributed by atoms with Crippen LogP contribution in [-0.2, 0) is 6.54 Å². The lowest BCUT2D eigenvalue weighted by atomic mass is 10.1. The lowest BCUT2D eigenvalue weighted by molar-refractivity contribution is 0.0950. The monoisotopic (exact) mass is 550 g/mol. The summed E-state index contributed by atoms with van der Waals surface area (Å²) in [6.45, 7) is 2.32. The molecule has 186 valence electrons. The van der Waals surface area contributed by atoms with Crippen LogP contribution in [0.5, 0.6) is 0 Å². The van der Waals surface area contributed by atoms with E-state index in [4.69, 9.17) is 0 Å². The van der Waals surface area contributed by atoms with Crippen LogP contribution in [0, 0.1) is 5.82 Å². The molecule has 36 heavy (non-hydrogen) atoms. The van der Waals surface area contributed by atoms with Crippen molar-refractivity contribution in [3.05, 3.63) is 82.2 Å². The van der Waals surface area contributed by atoms with Crippen LogP contribution in [0.1, 0.15) is 35.2 Å². The second-order valence-electron chi connectivity index (χ2n) is 9.11. The molecular weight excluding hydrogens is 523 g/mol. The minimum Gasteiger partial charge on any atom is -0.366 e. The van der Waals surface area contributed by atoms with Gasteiger partial charge in [-0.1, -0.05) is 24.3 Å². The highest BCUT2D eigenvalue weighted by atomic mass is 79.9. The summed E-state index contributed by atoms with van der Waals surface area (Å²) >= 11 is 3.48. The standard InChI is InChI=1S/C27H28BrFN6O/c1-34-14-4-5-20(34)12-13-30-27(36)19-10-8-18(9-11-19)16-31-25-15-24(21-6-2-3-7-23(21)29)33-26-22(28)17-32-35(25)26/h2-3,6-11,15,17,20,31H,4-5,12-14,16H2,1H3,(H,30,36). The highest BCUT2D eigenvalue weighted by Gasteiger charge is 2.20. The number of benzene rings is 2. The number of nitrogens with zero attached hydrogens (tertiary/aromatic N) is 4. The van der Waals surface area contributed by atoms with Crippen molar-refractivity contribution in [2.75, 3.05) is 25.5 Å². The molecule has 0 radical (unpaired) electrons. The molecule has 1 aliphatic rings. The molecule has 1 amide bonds. The number of nitrogens with one attached hydrogen (secondary N) is 2. The number of hydrogen-bond acceptors (Lipinski definition) is 5. The van der Waals surface area contributed by atoms with E-state index >= 15 is 0 Å². The second kappa shape index (κ2) is 10.8. The normalized spacial score (nSPS) is 15.9. The first kappa shape index (κ1) is 24.4. The Morgan fingerprint density at radius 1 is 1.19 bits per heavy atom. The van der Waals surface area contributed by atoms with E-state index in [1.54, 1.807) is 35.0 Å². The number of hydrogen-bond donors (Lipinski definition) is 2. The van der Waals surface area contributed by atoms with Crippen molar-refractivity contribution in [1.82, 2.24) is 24.8 Å². The van der Waals surface area contributed by atoms with Crippen molar-refractivity contribution in [3.8, 4) is 11.3 Å².